The lowest BCUT2D eigenvalue weighted by atomic mass is 9.63. The highest BCUT2D eigenvalue weighted by Gasteiger charge is 2.97. The molecule has 11 fully saturated rings. The fourth-order valence-electron chi connectivity index (χ4n) is 15.5. The minimum atomic E-state index is 0.220. The van der Waals surface area contributed by atoms with Crippen molar-refractivity contribution in [2.45, 2.75) is 19.1 Å². The van der Waals surface area contributed by atoms with E-state index in [9.17, 15) is 0 Å². The Morgan fingerprint density at radius 3 is 1.64 bits per heavy atom. The molecule has 2 nitrogen and oxygen atoms in total. The van der Waals surface area contributed by atoms with Gasteiger partial charge in [-0.1, -0.05) is 0 Å². The molecule has 11 aliphatic rings. The van der Waals surface area contributed by atoms with Gasteiger partial charge in [0.05, 0.1) is 13.2 Å². The number of hydrogen-bond acceptors (Lipinski definition) is 2. The van der Waals surface area contributed by atoms with Gasteiger partial charge in [0.25, 0.3) is 0 Å². The van der Waals surface area contributed by atoms with Crippen LogP contribution in [0.25, 0.3) is 0 Å². The summed E-state index contributed by atoms with van der Waals surface area (Å²) < 4.78 is 12.9. The Morgan fingerprint density at radius 1 is 0.480 bits per heavy atom. The Bertz CT molecular complexity index is 742. The second-order valence-corrected chi connectivity index (χ2v) is 12.6. The van der Waals surface area contributed by atoms with Gasteiger partial charge in [-0.2, -0.15) is 0 Å². The van der Waals surface area contributed by atoms with Gasteiger partial charge in [-0.15, -0.1) is 0 Å². The van der Waals surface area contributed by atoms with Crippen LogP contribution in [0.4, 0.5) is 0 Å². The zero-order valence-electron chi connectivity index (χ0n) is 14.5. The van der Waals surface area contributed by atoms with Crippen LogP contribution in [-0.4, -0.2) is 19.5 Å². The summed E-state index contributed by atoms with van der Waals surface area (Å²) in [6.45, 7) is 1.77. The van der Waals surface area contributed by atoms with Crippen LogP contribution in [0.5, 0.6) is 0 Å². The molecule has 0 N–H and O–H groups in total. The number of hydrogen-bond donors (Lipinski definition) is 0. The maximum absolute atomic E-state index is 6.46. The van der Waals surface area contributed by atoms with Crippen molar-refractivity contribution in [3.63, 3.8) is 0 Å². The van der Waals surface area contributed by atoms with Gasteiger partial charge in [0.2, 0.25) is 0 Å². The predicted molar refractivity (Wildman–Crippen MR) is 86.7 cm³/mol. The van der Waals surface area contributed by atoms with Gasteiger partial charge in [0.15, 0.2) is 6.29 Å². The topological polar surface area (TPSA) is 18.5 Å². The molecule has 10 saturated carbocycles. The standard InChI is InChI=1S/C23H26O2/c1-2-25-22(24-1)23-19-7-3-5-9-6-4-8(19)13-11(6)16-14(9)15-10(5)12(7)20(23)17(15)18(16)21(13)23/h5-22H,1-4H2/t5-,6+,7-,8-,9?,10+,11-,12-,13-,14?,15+,16-,17+,18+,19?,20-,21-,23?/m1/s1. The van der Waals surface area contributed by atoms with Gasteiger partial charge in [0, 0.05) is 5.41 Å². The largest absolute Gasteiger partial charge is 0.350 e. The Kier molecular flexibility index (Phi) is 1.35. The lowest BCUT2D eigenvalue weighted by molar-refractivity contribution is -0.177. The van der Waals surface area contributed by atoms with Crippen LogP contribution in [0.3, 0.4) is 0 Å². The summed E-state index contributed by atoms with van der Waals surface area (Å²) in [6, 6.07) is 0. The zero-order chi connectivity index (χ0) is 15.1. The molecule has 1 aliphatic heterocycles. The first kappa shape index (κ1) is 11.7. The van der Waals surface area contributed by atoms with E-state index in [1.807, 2.05) is 0 Å². The first-order valence-corrected chi connectivity index (χ1v) is 11.7. The minimum Gasteiger partial charge on any atom is -0.350 e. The van der Waals surface area contributed by atoms with Gasteiger partial charge < -0.3 is 9.47 Å². The molecule has 4 unspecified atom stereocenters. The number of fused-ring (bicyclic) bond motifs is 4. The summed E-state index contributed by atoms with van der Waals surface area (Å²) >= 11 is 0. The summed E-state index contributed by atoms with van der Waals surface area (Å²) in [4.78, 5) is 0. The summed E-state index contributed by atoms with van der Waals surface area (Å²) in [5.74, 6) is 19.5. The van der Waals surface area contributed by atoms with Gasteiger partial charge in [-0.25, -0.2) is 0 Å². The van der Waals surface area contributed by atoms with Gasteiger partial charge in [-0.05, 0) is 113 Å². The Hall–Kier alpha value is -0.0800. The monoisotopic (exact) mass is 334 g/mol. The third kappa shape index (κ3) is 0.713. The van der Waals surface area contributed by atoms with E-state index in [2.05, 4.69) is 0 Å². The quantitative estimate of drug-likeness (QED) is 0.734. The van der Waals surface area contributed by atoms with E-state index in [0.717, 1.165) is 66.5 Å². The molecule has 0 aromatic carbocycles. The van der Waals surface area contributed by atoms with Crippen LogP contribution >= 0.6 is 0 Å². The summed E-state index contributed by atoms with van der Waals surface area (Å²) in [7, 11) is 0. The normalized spacial score (nSPS) is 89.0. The Morgan fingerprint density at radius 2 is 1.04 bits per heavy atom. The fourth-order valence-corrected chi connectivity index (χ4v) is 15.5. The van der Waals surface area contributed by atoms with Crippen molar-refractivity contribution < 1.29 is 9.47 Å². The lowest BCUT2D eigenvalue weighted by Crippen LogP contribution is -2.47. The van der Waals surface area contributed by atoms with E-state index < -0.39 is 0 Å². The van der Waals surface area contributed by atoms with E-state index in [1.54, 1.807) is 12.8 Å². The van der Waals surface area contributed by atoms with E-state index in [4.69, 9.17) is 9.47 Å². The van der Waals surface area contributed by atoms with Crippen molar-refractivity contribution in [2.24, 2.45) is 106 Å². The molecule has 0 bridgehead atoms. The third-order valence-electron chi connectivity index (χ3n) is 13.8. The van der Waals surface area contributed by atoms with E-state index in [-0.39, 0.29) is 6.29 Å². The highest BCUT2D eigenvalue weighted by Crippen LogP contribution is 2.99. The maximum atomic E-state index is 6.46. The van der Waals surface area contributed by atoms with Crippen molar-refractivity contribution in [3.8, 4) is 0 Å². The molecular formula is C23H26O2. The SMILES string of the molecule is C1COC(C23C4[C@@H]5C[C@@H]6C7C8[C@@H]9[C@@H]6[C@@H]5[C@@H]2[C@@H]9[C@@H]2[C@@H]8[C@H]5[C@H]([C@H]23)[C@H]4C[C@@H]75)O1. The molecule has 0 radical (unpaired) electrons. The molecular weight excluding hydrogens is 308 g/mol. The summed E-state index contributed by atoms with van der Waals surface area (Å²) in [5, 5.41) is 0. The molecule has 0 amide bonds. The van der Waals surface area contributed by atoms with Crippen LogP contribution < -0.4 is 0 Å². The lowest BCUT2D eigenvalue weighted by Gasteiger charge is -2.45. The van der Waals surface area contributed by atoms with Gasteiger partial charge in [0.1, 0.15) is 0 Å². The molecule has 2 heteroatoms. The molecule has 11 rings (SSSR count). The van der Waals surface area contributed by atoms with E-state index >= 15 is 0 Å². The van der Waals surface area contributed by atoms with Crippen molar-refractivity contribution in [1.82, 2.24) is 0 Å². The number of ether oxygens (including phenoxy) is 2. The summed E-state index contributed by atoms with van der Waals surface area (Å²) in [5.41, 5.74) is 0.515. The average Bonchev–Trinajstić information content (AvgIpc) is 3.32. The van der Waals surface area contributed by atoms with Crippen LogP contribution in [0.2, 0.25) is 0 Å². The molecule has 0 aromatic heterocycles. The number of rotatable bonds is 1. The van der Waals surface area contributed by atoms with Crippen LogP contribution in [0, 0.1) is 106 Å². The first-order valence-electron chi connectivity index (χ1n) is 11.7. The average molecular weight is 334 g/mol. The predicted octanol–water partition coefficient (Wildman–Crippen LogP) is 2.74. The molecule has 10 aliphatic carbocycles. The smallest absolute Gasteiger partial charge is 0.164 e. The second-order valence-electron chi connectivity index (χ2n) is 12.6. The Labute approximate surface area is 148 Å². The maximum Gasteiger partial charge on any atom is 0.164 e. The van der Waals surface area contributed by atoms with Crippen LogP contribution in [-0.2, 0) is 9.47 Å². The third-order valence-corrected chi connectivity index (χ3v) is 13.8. The molecule has 130 valence electrons. The highest BCUT2D eigenvalue weighted by molar-refractivity contribution is 5.43. The first-order chi connectivity index (χ1) is 12.4. The van der Waals surface area contributed by atoms with Crippen molar-refractivity contribution in [1.29, 1.82) is 0 Å². The van der Waals surface area contributed by atoms with Crippen molar-refractivity contribution >= 4 is 0 Å². The molecule has 18 atom stereocenters. The molecule has 25 heavy (non-hydrogen) atoms. The molecule has 0 aromatic rings. The van der Waals surface area contributed by atoms with Crippen LogP contribution in [0.15, 0.2) is 0 Å². The van der Waals surface area contributed by atoms with Crippen molar-refractivity contribution in [2.75, 3.05) is 13.2 Å². The summed E-state index contributed by atoms with van der Waals surface area (Å²) in [6.07, 6.45) is 3.54. The molecule has 1 heterocycles. The van der Waals surface area contributed by atoms with E-state index in [0.29, 0.717) is 5.41 Å². The van der Waals surface area contributed by atoms with Gasteiger partial charge >= 0.3 is 0 Å². The fraction of sp³-hybridized carbons (Fsp3) is 1.00. The molecule has 0 spiro atoms. The minimum absolute atomic E-state index is 0.220. The highest BCUT2D eigenvalue weighted by atomic mass is 16.7. The van der Waals surface area contributed by atoms with Crippen LogP contribution in [0.1, 0.15) is 12.8 Å². The van der Waals surface area contributed by atoms with E-state index in [1.165, 1.54) is 47.3 Å². The van der Waals surface area contributed by atoms with Crippen molar-refractivity contribution in [3.05, 3.63) is 0 Å². The second kappa shape index (κ2) is 2.89. The van der Waals surface area contributed by atoms with Gasteiger partial charge in [-0.3, -0.25) is 0 Å². The zero-order valence-corrected chi connectivity index (χ0v) is 14.5. The molecule has 1 saturated heterocycles. The Balaban J connectivity index is 1.34.